The van der Waals surface area contributed by atoms with Crippen molar-refractivity contribution < 1.29 is 36.6 Å². The first-order valence-corrected chi connectivity index (χ1v) is 5.68. The molecule has 7 heteroatoms. The monoisotopic (exact) mass is 227 g/mol. The van der Waals surface area contributed by atoms with Crippen molar-refractivity contribution >= 4 is 16.0 Å². The van der Waals surface area contributed by atoms with E-state index < -0.39 is 27.3 Å². The van der Waals surface area contributed by atoms with Crippen molar-refractivity contribution in [3.8, 4) is 0 Å². The van der Waals surface area contributed by atoms with Crippen molar-refractivity contribution in [2.45, 2.75) is 25.8 Å². The van der Waals surface area contributed by atoms with Gasteiger partial charge in [-0.3, -0.25) is 4.79 Å². The van der Waals surface area contributed by atoms with Gasteiger partial charge in [0.15, 0.2) is 0 Å². The van der Waals surface area contributed by atoms with E-state index in [9.17, 15) is 17.8 Å². The van der Waals surface area contributed by atoms with Crippen LogP contribution in [0.1, 0.15) is 20.3 Å². The van der Waals surface area contributed by atoms with Gasteiger partial charge in [-0.25, -0.2) is 8.42 Å². The summed E-state index contributed by atoms with van der Waals surface area (Å²) in [5.74, 6) is -1.10. The summed E-state index contributed by atoms with van der Waals surface area (Å²) >= 11 is 0. The summed E-state index contributed by atoms with van der Waals surface area (Å²) in [5.41, 5.74) is -1.02. The molecule has 0 aromatic carbocycles. The summed E-state index contributed by atoms with van der Waals surface area (Å²) in [5, 5.41) is 2.41. The van der Waals surface area contributed by atoms with Crippen LogP contribution in [0.2, 0.25) is 0 Å². The van der Waals surface area contributed by atoms with Crippen molar-refractivity contribution in [2.75, 3.05) is 5.75 Å². The van der Waals surface area contributed by atoms with Crippen LogP contribution in [0, 0.1) is 0 Å². The van der Waals surface area contributed by atoms with Crippen LogP contribution in [0.5, 0.6) is 0 Å². The van der Waals surface area contributed by atoms with E-state index in [1.54, 1.807) is 6.92 Å². The first-order chi connectivity index (χ1) is 6.22. The van der Waals surface area contributed by atoms with E-state index in [-0.39, 0.29) is 18.9 Å². The van der Waals surface area contributed by atoms with E-state index in [0.29, 0.717) is 6.42 Å². The van der Waals surface area contributed by atoms with Gasteiger partial charge in [-0.15, -0.1) is 0 Å². The zero-order chi connectivity index (χ0) is 11.4. The molecule has 0 fully saturated rings. The van der Waals surface area contributed by atoms with Crippen LogP contribution in [0.4, 0.5) is 0 Å². The molecule has 0 aliphatic rings. The first kappa shape index (κ1) is 17.1. The molecule has 0 aliphatic heterocycles. The summed E-state index contributed by atoms with van der Waals surface area (Å²) in [6, 6.07) is 0. The molecule has 1 atom stereocenters. The molecule has 0 heterocycles. The quantitative estimate of drug-likeness (QED) is 0.308. The fraction of sp³-hybridized carbons (Fsp3) is 0.625. The third-order valence-corrected chi connectivity index (χ3v) is 2.88. The van der Waals surface area contributed by atoms with E-state index in [1.165, 1.54) is 6.92 Å². The fourth-order valence-corrected chi connectivity index (χ4v) is 2.02. The van der Waals surface area contributed by atoms with Gasteiger partial charge in [0.2, 0.25) is 5.91 Å². The van der Waals surface area contributed by atoms with Gasteiger partial charge in [-0.2, -0.15) is 0 Å². The standard InChI is InChI=1S/C8H15NO4S.Li/c1-4-7(10)9-8(3,5-2)6-14(11,12)13;/h4H,1,5-6H2,2-3H3,(H,9,10)(H,11,12,13);/q;+1/p-1. The second-order valence-corrected chi connectivity index (χ2v) is 4.71. The predicted molar refractivity (Wildman–Crippen MR) is 51.6 cm³/mol. The average Bonchev–Trinajstić information content (AvgIpc) is 2.00. The summed E-state index contributed by atoms with van der Waals surface area (Å²) in [6.07, 6.45) is 1.39. The summed E-state index contributed by atoms with van der Waals surface area (Å²) in [6.45, 7) is 6.43. The maximum atomic E-state index is 10.9. The largest absolute Gasteiger partial charge is 1.00 e. The Morgan fingerprint density at radius 2 is 2.07 bits per heavy atom. The molecule has 0 spiro atoms. The molecule has 1 N–H and O–H groups in total. The second-order valence-electron chi connectivity index (χ2n) is 3.31. The number of carbonyl (C=O) groups is 1. The number of hydrogen-bond acceptors (Lipinski definition) is 4. The molecule has 0 rings (SSSR count). The Labute approximate surface area is 102 Å². The summed E-state index contributed by atoms with van der Waals surface area (Å²) < 4.78 is 31.6. The predicted octanol–water partition coefficient (Wildman–Crippen LogP) is -2.99. The van der Waals surface area contributed by atoms with Crippen molar-refractivity contribution in [3.63, 3.8) is 0 Å². The minimum atomic E-state index is -4.35. The van der Waals surface area contributed by atoms with Crippen molar-refractivity contribution in [2.24, 2.45) is 0 Å². The maximum absolute atomic E-state index is 10.9. The van der Waals surface area contributed by atoms with Crippen molar-refractivity contribution in [1.82, 2.24) is 5.32 Å². The normalized spacial score (nSPS) is 14.6. The Kier molecular flexibility index (Phi) is 7.23. The van der Waals surface area contributed by atoms with E-state index in [0.717, 1.165) is 6.08 Å². The number of amides is 1. The Balaban J connectivity index is 0. The molecule has 1 unspecified atom stereocenters. The molecule has 0 radical (unpaired) electrons. The van der Waals surface area contributed by atoms with Crippen LogP contribution in [0.25, 0.3) is 0 Å². The molecule has 0 aromatic heterocycles. The first-order valence-electron chi connectivity index (χ1n) is 4.10. The van der Waals surface area contributed by atoms with Gasteiger partial charge >= 0.3 is 18.9 Å². The fourth-order valence-electron chi connectivity index (χ4n) is 0.965. The Morgan fingerprint density at radius 1 is 1.60 bits per heavy atom. The maximum Gasteiger partial charge on any atom is 1.00 e. The molecule has 0 bridgehead atoms. The minimum Gasteiger partial charge on any atom is -0.748 e. The zero-order valence-corrected chi connectivity index (χ0v) is 10.1. The SMILES string of the molecule is C=CC(=O)NC(C)(CC)CS(=O)(=O)[O-].[Li+]. The van der Waals surface area contributed by atoms with Crippen molar-refractivity contribution in [1.29, 1.82) is 0 Å². The van der Waals surface area contributed by atoms with E-state index in [1.807, 2.05) is 0 Å². The number of carbonyl (C=O) groups excluding carboxylic acids is 1. The molecular weight excluding hydrogens is 213 g/mol. The van der Waals surface area contributed by atoms with E-state index >= 15 is 0 Å². The topological polar surface area (TPSA) is 86.3 Å². The smallest absolute Gasteiger partial charge is 0.748 e. The molecule has 82 valence electrons. The van der Waals surface area contributed by atoms with Gasteiger partial charge in [0, 0.05) is 0 Å². The summed E-state index contributed by atoms with van der Waals surface area (Å²) in [4.78, 5) is 10.9. The molecule has 0 saturated carbocycles. The van der Waals surface area contributed by atoms with Gasteiger partial charge in [0.25, 0.3) is 0 Å². The molecule has 1 amide bonds. The molecule has 0 aromatic rings. The van der Waals surface area contributed by atoms with E-state index in [2.05, 4.69) is 11.9 Å². The van der Waals surface area contributed by atoms with Crippen LogP contribution in [0.3, 0.4) is 0 Å². The van der Waals surface area contributed by atoms with Crippen LogP contribution < -0.4 is 24.2 Å². The molecule has 0 aliphatic carbocycles. The van der Waals surface area contributed by atoms with Gasteiger partial charge in [-0.1, -0.05) is 13.5 Å². The molecular formula is C8H14LiNO4S. The third kappa shape index (κ3) is 7.62. The van der Waals surface area contributed by atoms with Crippen LogP contribution in [0.15, 0.2) is 12.7 Å². The number of rotatable bonds is 5. The van der Waals surface area contributed by atoms with Crippen LogP contribution in [-0.2, 0) is 14.9 Å². The Morgan fingerprint density at radius 3 is 2.33 bits per heavy atom. The van der Waals surface area contributed by atoms with Gasteiger partial charge < -0.3 is 9.87 Å². The molecule has 5 nitrogen and oxygen atoms in total. The van der Waals surface area contributed by atoms with Gasteiger partial charge in [-0.05, 0) is 19.4 Å². The van der Waals surface area contributed by atoms with Crippen molar-refractivity contribution in [3.05, 3.63) is 12.7 Å². The van der Waals surface area contributed by atoms with Gasteiger partial charge in [0.05, 0.1) is 21.4 Å². The average molecular weight is 227 g/mol. The summed E-state index contributed by atoms with van der Waals surface area (Å²) in [7, 11) is -4.35. The zero-order valence-electron chi connectivity index (χ0n) is 9.24. The van der Waals surface area contributed by atoms with Crippen LogP contribution in [-0.4, -0.2) is 30.2 Å². The minimum absolute atomic E-state index is 0. The third-order valence-electron chi connectivity index (χ3n) is 1.89. The van der Waals surface area contributed by atoms with Crippen LogP contribution >= 0.6 is 0 Å². The number of hydrogen-bond donors (Lipinski definition) is 1. The van der Waals surface area contributed by atoms with Gasteiger partial charge in [0.1, 0.15) is 0 Å². The molecule has 15 heavy (non-hydrogen) atoms. The Bertz CT molecular complexity index is 328. The van der Waals surface area contributed by atoms with E-state index in [4.69, 9.17) is 0 Å². The second kappa shape index (κ2) is 6.33. The Hall–Kier alpha value is -0.283. The number of nitrogens with one attached hydrogen (secondary N) is 1. The molecule has 0 saturated heterocycles.